The molecule has 6 heteroatoms. The minimum Gasteiger partial charge on any atom is -0.494 e. The third kappa shape index (κ3) is 3.82. The molecule has 0 aliphatic heterocycles. The normalized spacial score (nSPS) is 10.5. The van der Waals surface area contributed by atoms with E-state index < -0.39 is 0 Å². The van der Waals surface area contributed by atoms with Crippen molar-refractivity contribution in [3.8, 4) is 11.4 Å². The molecule has 0 saturated carbocycles. The molecule has 2 aromatic rings. The van der Waals surface area contributed by atoms with E-state index in [4.69, 9.17) is 4.74 Å². The molecule has 1 heterocycles. The first-order valence-electron chi connectivity index (χ1n) is 8.15. The Morgan fingerprint density at radius 1 is 1.25 bits per heavy atom. The second-order valence-corrected chi connectivity index (χ2v) is 5.39. The Bertz CT molecular complexity index is 741. The fourth-order valence-corrected chi connectivity index (χ4v) is 2.40. The average Bonchev–Trinajstić information content (AvgIpc) is 2.62. The fraction of sp³-hybridized carbons (Fsp3) is 0.389. The van der Waals surface area contributed by atoms with Crippen molar-refractivity contribution in [2.45, 2.75) is 26.7 Å². The molecule has 0 atom stereocenters. The van der Waals surface area contributed by atoms with E-state index in [1.165, 1.54) is 17.9 Å². The molecule has 0 unspecified atom stereocenters. The van der Waals surface area contributed by atoms with Crippen molar-refractivity contribution in [2.24, 2.45) is 0 Å². The summed E-state index contributed by atoms with van der Waals surface area (Å²) in [5, 5.41) is 4.28. The minimum atomic E-state index is -0.341. The van der Waals surface area contributed by atoms with Crippen LogP contribution in [0.25, 0.3) is 5.69 Å². The Labute approximate surface area is 141 Å². The minimum absolute atomic E-state index is 0.152. The lowest BCUT2D eigenvalue weighted by Crippen LogP contribution is -2.34. The van der Waals surface area contributed by atoms with Gasteiger partial charge < -0.3 is 9.64 Å². The molecule has 0 radical (unpaired) electrons. The van der Waals surface area contributed by atoms with Crippen molar-refractivity contribution < 1.29 is 9.53 Å². The van der Waals surface area contributed by atoms with Crippen molar-refractivity contribution in [1.29, 1.82) is 0 Å². The molecular weight excluding hydrogens is 306 g/mol. The number of ether oxygens (including phenoxy) is 1. The van der Waals surface area contributed by atoms with Crippen LogP contribution in [-0.4, -0.2) is 40.8 Å². The number of methoxy groups -OCH3 is 1. The second-order valence-electron chi connectivity index (χ2n) is 5.39. The molecule has 1 amide bonds. The molecule has 0 fully saturated rings. The van der Waals surface area contributed by atoms with Crippen LogP contribution >= 0.6 is 0 Å². The van der Waals surface area contributed by atoms with E-state index in [1.807, 2.05) is 25.1 Å². The van der Waals surface area contributed by atoms with Crippen LogP contribution in [0.3, 0.4) is 0 Å². The SMILES string of the molecule is CCCCN(CC)C(=O)c1nn(-c2ccccc2)c(=O)cc1OC. The highest BCUT2D eigenvalue weighted by molar-refractivity contribution is 5.94. The van der Waals surface area contributed by atoms with E-state index in [9.17, 15) is 9.59 Å². The summed E-state index contributed by atoms with van der Waals surface area (Å²) in [7, 11) is 1.43. The maximum atomic E-state index is 12.8. The summed E-state index contributed by atoms with van der Waals surface area (Å²) in [4.78, 5) is 26.8. The van der Waals surface area contributed by atoms with E-state index in [0.29, 0.717) is 18.8 Å². The maximum absolute atomic E-state index is 12.8. The number of para-hydroxylation sites is 1. The van der Waals surface area contributed by atoms with Gasteiger partial charge in [0, 0.05) is 13.1 Å². The van der Waals surface area contributed by atoms with Crippen LogP contribution in [0.1, 0.15) is 37.2 Å². The first-order chi connectivity index (χ1) is 11.6. The Morgan fingerprint density at radius 3 is 2.54 bits per heavy atom. The standard InChI is InChI=1S/C18H23N3O3/c1-4-6-12-20(5-2)18(23)17-15(24-3)13-16(22)21(19-17)14-10-8-7-9-11-14/h7-11,13H,4-6,12H2,1-3H3. The highest BCUT2D eigenvalue weighted by atomic mass is 16.5. The number of hydrogen-bond acceptors (Lipinski definition) is 4. The summed E-state index contributed by atoms with van der Waals surface area (Å²) in [5.41, 5.74) is 0.418. The smallest absolute Gasteiger partial charge is 0.278 e. The van der Waals surface area contributed by atoms with Gasteiger partial charge in [0.15, 0.2) is 11.4 Å². The zero-order valence-corrected chi connectivity index (χ0v) is 14.4. The van der Waals surface area contributed by atoms with Gasteiger partial charge in [-0.15, -0.1) is 0 Å². The maximum Gasteiger partial charge on any atom is 0.278 e. The van der Waals surface area contributed by atoms with Gasteiger partial charge in [-0.3, -0.25) is 9.59 Å². The zero-order chi connectivity index (χ0) is 17.5. The molecule has 24 heavy (non-hydrogen) atoms. The van der Waals surface area contributed by atoms with Crippen molar-refractivity contribution in [3.05, 3.63) is 52.4 Å². The van der Waals surface area contributed by atoms with Crippen LogP contribution in [-0.2, 0) is 0 Å². The molecule has 0 spiro atoms. The lowest BCUT2D eigenvalue weighted by Gasteiger charge is -2.21. The number of carbonyl (C=O) groups excluding carboxylic acids is 1. The Morgan fingerprint density at radius 2 is 1.96 bits per heavy atom. The van der Waals surface area contributed by atoms with Gasteiger partial charge in [0.1, 0.15) is 0 Å². The summed E-state index contributed by atoms with van der Waals surface area (Å²) >= 11 is 0. The van der Waals surface area contributed by atoms with Crippen LogP contribution in [0.15, 0.2) is 41.2 Å². The largest absolute Gasteiger partial charge is 0.494 e. The molecule has 6 nitrogen and oxygen atoms in total. The van der Waals surface area contributed by atoms with Crippen molar-refractivity contribution in [1.82, 2.24) is 14.7 Å². The zero-order valence-electron chi connectivity index (χ0n) is 14.4. The predicted molar refractivity (Wildman–Crippen MR) is 92.9 cm³/mol. The number of benzene rings is 1. The number of carbonyl (C=O) groups is 1. The Hall–Kier alpha value is -2.63. The summed E-state index contributed by atoms with van der Waals surface area (Å²) in [6, 6.07) is 10.3. The van der Waals surface area contributed by atoms with Crippen LogP contribution in [0.4, 0.5) is 0 Å². The first kappa shape index (κ1) is 17.7. The van der Waals surface area contributed by atoms with Crippen LogP contribution < -0.4 is 10.3 Å². The third-order valence-corrected chi connectivity index (χ3v) is 3.77. The molecule has 128 valence electrons. The van der Waals surface area contributed by atoms with Gasteiger partial charge in [0.05, 0.1) is 18.9 Å². The van der Waals surface area contributed by atoms with Gasteiger partial charge >= 0.3 is 0 Å². The number of nitrogens with zero attached hydrogens (tertiary/aromatic N) is 3. The molecule has 0 aliphatic rings. The van der Waals surface area contributed by atoms with Crippen LogP contribution in [0.2, 0.25) is 0 Å². The molecule has 0 bridgehead atoms. The first-order valence-corrected chi connectivity index (χ1v) is 8.15. The Balaban J connectivity index is 2.48. The van der Waals surface area contributed by atoms with Gasteiger partial charge in [-0.1, -0.05) is 31.5 Å². The summed E-state index contributed by atoms with van der Waals surface area (Å²) in [6.45, 7) is 5.23. The summed E-state index contributed by atoms with van der Waals surface area (Å²) < 4.78 is 6.44. The lowest BCUT2D eigenvalue weighted by molar-refractivity contribution is 0.0750. The van der Waals surface area contributed by atoms with Crippen molar-refractivity contribution >= 4 is 5.91 Å². The summed E-state index contributed by atoms with van der Waals surface area (Å²) in [6.07, 6.45) is 1.91. The van der Waals surface area contributed by atoms with E-state index in [-0.39, 0.29) is 22.9 Å². The van der Waals surface area contributed by atoms with Crippen LogP contribution in [0.5, 0.6) is 5.75 Å². The molecule has 1 aromatic carbocycles. The monoisotopic (exact) mass is 329 g/mol. The second kappa shape index (κ2) is 8.29. The van der Waals surface area contributed by atoms with Crippen molar-refractivity contribution in [2.75, 3.05) is 20.2 Å². The molecule has 0 N–H and O–H groups in total. The number of hydrogen-bond donors (Lipinski definition) is 0. The molecule has 0 aliphatic carbocycles. The van der Waals surface area contributed by atoms with Gasteiger partial charge in [-0.05, 0) is 25.5 Å². The molecular formula is C18H23N3O3. The highest BCUT2D eigenvalue weighted by Crippen LogP contribution is 2.17. The van der Waals surface area contributed by atoms with Crippen molar-refractivity contribution in [3.63, 3.8) is 0 Å². The number of amides is 1. The number of unbranched alkanes of at least 4 members (excludes halogenated alkanes) is 1. The quantitative estimate of drug-likeness (QED) is 0.783. The van der Waals surface area contributed by atoms with E-state index in [2.05, 4.69) is 12.0 Å². The van der Waals surface area contributed by atoms with Crippen LogP contribution in [0, 0.1) is 0 Å². The van der Waals surface area contributed by atoms with Gasteiger partial charge in [-0.25, -0.2) is 0 Å². The van der Waals surface area contributed by atoms with E-state index >= 15 is 0 Å². The highest BCUT2D eigenvalue weighted by Gasteiger charge is 2.22. The van der Waals surface area contributed by atoms with E-state index in [0.717, 1.165) is 12.8 Å². The predicted octanol–water partition coefficient (Wildman–Crippen LogP) is 2.50. The Kier molecular flexibility index (Phi) is 6.12. The third-order valence-electron chi connectivity index (χ3n) is 3.77. The van der Waals surface area contributed by atoms with Gasteiger partial charge in [0.25, 0.3) is 11.5 Å². The van der Waals surface area contributed by atoms with E-state index in [1.54, 1.807) is 17.0 Å². The topological polar surface area (TPSA) is 64.4 Å². The molecule has 0 saturated heterocycles. The number of aromatic nitrogens is 2. The summed E-state index contributed by atoms with van der Waals surface area (Å²) in [5.74, 6) is -0.0281. The molecule has 2 rings (SSSR count). The average molecular weight is 329 g/mol. The van der Waals surface area contributed by atoms with Gasteiger partial charge in [-0.2, -0.15) is 9.78 Å². The van der Waals surface area contributed by atoms with Gasteiger partial charge in [0.2, 0.25) is 0 Å². The molecule has 1 aromatic heterocycles. The number of rotatable bonds is 7. The fourth-order valence-electron chi connectivity index (χ4n) is 2.40. The lowest BCUT2D eigenvalue weighted by atomic mass is 10.2.